The Kier molecular flexibility index (Phi) is 5.12. The normalized spacial score (nSPS) is 21.3. The summed E-state index contributed by atoms with van der Waals surface area (Å²) in [6.07, 6.45) is 4.34. The maximum Gasteiger partial charge on any atom is 0.246 e. The summed E-state index contributed by atoms with van der Waals surface area (Å²) in [5, 5.41) is 0. The fourth-order valence-electron chi connectivity index (χ4n) is 3.02. The second-order valence-corrected chi connectivity index (χ2v) is 5.53. The fourth-order valence-corrected chi connectivity index (χ4v) is 3.02. The van der Waals surface area contributed by atoms with Gasteiger partial charge in [0.1, 0.15) is 5.82 Å². The highest BCUT2D eigenvalue weighted by molar-refractivity contribution is 5.87. The quantitative estimate of drug-likeness (QED) is 0.780. The molecule has 0 radical (unpaired) electrons. The number of ether oxygens (including phenoxy) is 1. The summed E-state index contributed by atoms with van der Waals surface area (Å²) >= 11 is 0. The van der Waals surface area contributed by atoms with Crippen LogP contribution in [0.2, 0.25) is 0 Å². The fraction of sp³-hybridized carbons (Fsp3) is 0.471. The van der Waals surface area contributed by atoms with Crippen LogP contribution in [0, 0.1) is 12.7 Å². The molecular formula is C17H22FNO2. The third-order valence-electron chi connectivity index (χ3n) is 4.15. The first-order valence-corrected chi connectivity index (χ1v) is 7.27. The van der Waals surface area contributed by atoms with Gasteiger partial charge in [-0.15, -0.1) is 0 Å². The minimum absolute atomic E-state index is 0.0610. The van der Waals surface area contributed by atoms with Gasteiger partial charge in [0.15, 0.2) is 0 Å². The van der Waals surface area contributed by atoms with Gasteiger partial charge in [-0.3, -0.25) is 4.79 Å². The SMILES string of the molecule is C=CC(=O)N(Cc1ccc(F)c(C)c1)[C@H]1CCC[C@H]1OC. The molecule has 0 N–H and O–H groups in total. The molecule has 4 heteroatoms. The molecular weight excluding hydrogens is 269 g/mol. The van der Waals surface area contributed by atoms with Gasteiger partial charge in [-0.25, -0.2) is 4.39 Å². The molecule has 1 aliphatic rings. The van der Waals surface area contributed by atoms with Crippen LogP contribution in [0.15, 0.2) is 30.9 Å². The number of rotatable bonds is 5. The summed E-state index contributed by atoms with van der Waals surface area (Å²) in [4.78, 5) is 14.0. The second kappa shape index (κ2) is 6.85. The predicted molar refractivity (Wildman–Crippen MR) is 80.3 cm³/mol. The van der Waals surface area contributed by atoms with Crippen LogP contribution >= 0.6 is 0 Å². The lowest BCUT2D eigenvalue weighted by Crippen LogP contribution is -2.43. The summed E-state index contributed by atoms with van der Waals surface area (Å²) < 4.78 is 18.9. The van der Waals surface area contributed by atoms with Crippen molar-refractivity contribution in [3.05, 3.63) is 47.8 Å². The molecule has 0 heterocycles. The number of carbonyl (C=O) groups excluding carboxylic acids is 1. The summed E-state index contributed by atoms with van der Waals surface area (Å²) in [5.74, 6) is -0.332. The first-order chi connectivity index (χ1) is 10.1. The van der Waals surface area contributed by atoms with Crippen molar-refractivity contribution >= 4 is 5.91 Å². The van der Waals surface area contributed by atoms with Gasteiger partial charge in [0, 0.05) is 13.7 Å². The molecule has 0 saturated heterocycles. The number of amides is 1. The van der Waals surface area contributed by atoms with E-state index in [4.69, 9.17) is 4.74 Å². The van der Waals surface area contributed by atoms with E-state index in [1.54, 1.807) is 31.1 Å². The lowest BCUT2D eigenvalue weighted by atomic mass is 10.1. The van der Waals surface area contributed by atoms with Gasteiger partial charge >= 0.3 is 0 Å². The molecule has 0 aromatic heterocycles. The third-order valence-corrected chi connectivity index (χ3v) is 4.15. The molecule has 0 spiro atoms. The Morgan fingerprint density at radius 1 is 1.52 bits per heavy atom. The number of halogens is 1. The molecule has 2 atom stereocenters. The monoisotopic (exact) mass is 291 g/mol. The topological polar surface area (TPSA) is 29.5 Å². The molecule has 0 aliphatic heterocycles. The number of aryl methyl sites for hydroxylation is 1. The largest absolute Gasteiger partial charge is 0.379 e. The Morgan fingerprint density at radius 2 is 2.29 bits per heavy atom. The molecule has 3 nitrogen and oxygen atoms in total. The Hall–Kier alpha value is -1.68. The van der Waals surface area contributed by atoms with E-state index in [0.29, 0.717) is 12.1 Å². The summed E-state index contributed by atoms with van der Waals surface area (Å²) in [7, 11) is 1.68. The minimum atomic E-state index is -0.226. The van der Waals surface area contributed by atoms with E-state index < -0.39 is 0 Å². The average molecular weight is 291 g/mol. The Morgan fingerprint density at radius 3 is 2.90 bits per heavy atom. The van der Waals surface area contributed by atoms with Gasteiger partial charge in [-0.1, -0.05) is 18.7 Å². The van der Waals surface area contributed by atoms with Gasteiger partial charge in [0.05, 0.1) is 12.1 Å². The number of nitrogens with zero attached hydrogens (tertiary/aromatic N) is 1. The van der Waals surface area contributed by atoms with Crippen molar-refractivity contribution in [3.8, 4) is 0 Å². The van der Waals surface area contributed by atoms with Gasteiger partial charge in [-0.05, 0) is 49.5 Å². The molecule has 1 amide bonds. The van der Waals surface area contributed by atoms with Crippen molar-refractivity contribution in [3.63, 3.8) is 0 Å². The van der Waals surface area contributed by atoms with Crippen LogP contribution < -0.4 is 0 Å². The number of carbonyl (C=O) groups is 1. The van der Waals surface area contributed by atoms with Crippen LogP contribution in [-0.4, -0.2) is 30.1 Å². The number of hydrogen-bond acceptors (Lipinski definition) is 2. The smallest absolute Gasteiger partial charge is 0.246 e. The minimum Gasteiger partial charge on any atom is -0.379 e. The highest BCUT2D eigenvalue weighted by Crippen LogP contribution is 2.28. The molecule has 0 bridgehead atoms. The van der Waals surface area contributed by atoms with Crippen molar-refractivity contribution in [1.29, 1.82) is 0 Å². The standard InChI is InChI=1S/C17H22FNO2/c1-4-17(20)19(15-6-5-7-16(15)21-3)11-13-8-9-14(18)12(2)10-13/h4,8-10,15-16H,1,5-7,11H2,2-3H3/t15-,16+/m0/s1. The Bertz CT molecular complexity index is 530. The molecule has 1 aromatic rings. The zero-order valence-electron chi connectivity index (χ0n) is 12.6. The van der Waals surface area contributed by atoms with Crippen molar-refractivity contribution < 1.29 is 13.9 Å². The first kappa shape index (κ1) is 15.7. The van der Waals surface area contributed by atoms with E-state index in [0.717, 1.165) is 24.8 Å². The van der Waals surface area contributed by atoms with Gasteiger partial charge in [0.2, 0.25) is 5.91 Å². The van der Waals surface area contributed by atoms with E-state index in [2.05, 4.69) is 6.58 Å². The van der Waals surface area contributed by atoms with Crippen molar-refractivity contribution in [1.82, 2.24) is 4.90 Å². The van der Waals surface area contributed by atoms with E-state index in [9.17, 15) is 9.18 Å². The third kappa shape index (κ3) is 3.50. The average Bonchev–Trinajstić information content (AvgIpc) is 2.95. The number of methoxy groups -OCH3 is 1. The summed E-state index contributed by atoms with van der Waals surface area (Å²) in [6, 6.07) is 5.02. The van der Waals surface area contributed by atoms with Crippen LogP contribution in [0.5, 0.6) is 0 Å². The number of hydrogen-bond donors (Lipinski definition) is 0. The van der Waals surface area contributed by atoms with Gasteiger partial charge < -0.3 is 9.64 Å². The van der Waals surface area contributed by atoms with E-state index in [-0.39, 0.29) is 23.9 Å². The zero-order chi connectivity index (χ0) is 15.4. The van der Waals surface area contributed by atoms with Crippen molar-refractivity contribution in [2.45, 2.75) is 44.9 Å². The maximum atomic E-state index is 13.4. The Labute approximate surface area is 125 Å². The first-order valence-electron chi connectivity index (χ1n) is 7.27. The van der Waals surface area contributed by atoms with Crippen LogP contribution in [0.1, 0.15) is 30.4 Å². The van der Waals surface area contributed by atoms with Gasteiger partial charge in [0.25, 0.3) is 0 Å². The lowest BCUT2D eigenvalue weighted by Gasteiger charge is -2.32. The molecule has 114 valence electrons. The van der Waals surface area contributed by atoms with Crippen LogP contribution in [0.25, 0.3) is 0 Å². The molecule has 1 aliphatic carbocycles. The second-order valence-electron chi connectivity index (χ2n) is 5.53. The summed E-state index contributed by atoms with van der Waals surface area (Å²) in [5.41, 5.74) is 1.51. The number of benzene rings is 1. The van der Waals surface area contributed by atoms with E-state index in [1.807, 2.05) is 0 Å². The van der Waals surface area contributed by atoms with Crippen molar-refractivity contribution in [2.24, 2.45) is 0 Å². The van der Waals surface area contributed by atoms with Crippen LogP contribution in [0.3, 0.4) is 0 Å². The van der Waals surface area contributed by atoms with E-state index in [1.165, 1.54) is 12.1 Å². The molecule has 2 rings (SSSR count). The maximum absolute atomic E-state index is 13.4. The van der Waals surface area contributed by atoms with Gasteiger partial charge in [-0.2, -0.15) is 0 Å². The van der Waals surface area contributed by atoms with Crippen LogP contribution in [0.4, 0.5) is 4.39 Å². The molecule has 1 fully saturated rings. The molecule has 0 unspecified atom stereocenters. The van der Waals surface area contributed by atoms with Crippen LogP contribution in [-0.2, 0) is 16.1 Å². The lowest BCUT2D eigenvalue weighted by molar-refractivity contribution is -0.131. The molecule has 1 aromatic carbocycles. The van der Waals surface area contributed by atoms with E-state index >= 15 is 0 Å². The zero-order valence-corrected chi connectivity index (χ0v) is 12.6. The highest BCUT2D eigenvalue weighted by atomic mass is 19.1. The Balaban J connectivity index is 2.22. The molecule has 21 heavy (non-hydrogen) atoms. The highest BCUT2D eigenvalue weighted by Gasteiger charge is 2.34. The molecule has 1 saturated carbocycles. The summed E-state index contributed by atoms with van der Waals surface area (Å²) in [6.45, 7) is 5.77. The van der Waals surface area contributed by atoms with Crippen molar-refractivity contribution in [2.75, 3.05) is 7.11 Å². The predicted octanol–water partition coefficient (Wildman–Crippen LogP) is 3.22.